The van der Waals surface area contributed by atoms with E-state index in [9.17, 15) is 26.0 Å². The first-order valence-electron chi connectivity index (χ1n) is 7.34. The third kappa shape index (κ3) is 6.89. The van der Waals surface area contributed by atoms with Gasteiger partial charge < -0.3 is 9.47 Å². The van der Waals surface area contributed by atoms with Crippen molar-refractivity contribution in [3.8, 4) is 11.5 Å². The van der Waals surface area contributed by atoms with Crippen molar-refractivity contribution in [2.75, 3.05) is 12.4 Å². The Bertz CT molecular complexity index is 823. The van der Waals surface area contributed by atoms with Gasteiger partial charge in [-0.25, -0.2) is 17.5 Å². The van der Waals surface area contributed by atoms with Gasteiger partial charge in [0.2, 0.25) is 10.0 Å². The lowest BCUT2D eigenvalue weighted by atomic mass is 10.2. The number of sulfonamides is 1. The average Bonchev–Trinajstić information content (AvgIpc) is 2.54. The molecule has 0 bridgehead atoms. The Hall–Kier alpha value is -2.33. The van der Waals surface area contributed by atoms with Crippen LogP contribution in [0.5, 0.6) is 11.5 Å². The van der Waals surface area contributed by atoms with Crippen molar-refractivity contribution < 1.29 is 35.5 Å². The molecule has 0 spiro atoms. The SMILES string of the molecule is O=S(=O)(CCOc1ccc(F)cc1)NCc1ccccc1OC(F)(F)F. The third-order valence-corrected chi connectivity index (χ3v) is 4.40. The van der Waals surface area contributed by atoms with Crippen molar-refractivity contribution in [2.45, 2.75) is 12.9 Å². The molecule has 142 valence electrons. The number of halogens is 4. The van der Waals surface area contributed by atoms with Gasteiger partial charge in [0.15, 0.2) is 0 Å². The first-order valence-corrected chi connectivity index (χ1v) is 8.99. The molecule has 5 nitrogen and oxygen atoms in total. The van der Waals surface area contributed by atoms with Gasteiger partial charge in [0.25, 0.3) is 0 Å². The Morgan fingerprint density at radius 2 is 1.65 bits per heavy atom. The van der Waals surface area contributed by atoms with Crippen LogP contribution < -0.4 is 14.2 Å². The van der Waals surface area contributed by atoms with Gasteiger partial charge in [0, 0.05) is 12.1 Å². The molecule has 0 saturated carbocycles. The number of benzene rings is 2. The van der Waals surface area contributed by atoms with Crippen LogP contribution in [0.4, 0.5) is 17.6 Å². The van der Waals surface area contributed by atoms with E-state index in [1.54, 1.807) is 0 Å². The summed E-state index contributed by atoms with van der Waals surface area (Å²) < 4.78 is 84.9. The highest BCUT2D eigenvalue weighted by Crippen LogP contribution is 2.26. The third-order valence-electron chi connectivity index (χ3n) is 3.12. The molecule has 2 rings (SSSR count). The highest BCUT2D eigenvalue weighted by Gasteiger charge is 2.32. The zero-order chi connectivity index (χ0) is 19.2. The summed E-state index contributed by atoms with van der Waals surface area (Å²) in [5, 5.41) is 0. The zero-order valence-corrected chi connectivity index (χ0v) is 14.1. The molecule has 2 aromatic carbocycles. The van der Waals surface area contributed by atoms with E-state index in [2.05, 4.69) is 9.46 Å². The number of para-hydroxylation sites is 1. The van der Waals surface area contributed by atoms with Crippen LogP contribution in [0.2, 0.25) is 0 Å². The van der Waals surface area contributed by atoms with Gasteiger partial charge in [0.1, 0.15) is 23.9 Å². The second-order valence-electron chi connectivity index (χ2n) is 5.10. The van der Waals surface area contributed by atoms with E-state index < -0.39 is 33.7 Å². The van der Waals surface area contributed by atoms with E-state index in [0.717, 1.165) is 6.07 Å². The summed E-state index contributed by atoms with van der Waals surface area (Å²) in [6, 6.07) is 10.2. The molecule has 0 heterocycles. The molecule has 0 unspecified atom stereocenters. The van der Waals surface area contributed by atoms with Crippen LogP contribution in [-0.2, 0) is 16.6 Å². The van der Waals surface area contributed by atoms with E-state index >= 15 is 0 Å². The molecule has 0 amide bonds. The summed E-state index contributed by atoms with van der Waals surface area (Å²) in [6.45, 7) is -0.577. The summed E-state index contributed by atoms with van der Waals surface area (Å²) in [5.74, 6) is -1.06. The number of alkyl halides is 3. The van der Waals surface area contributed by atoms with Crippen LogP contribution in [0.3, 0.4) is 0 Å². The van der Waals surface area contributed by atoms with E-state index in [1.807, 2.05) is 0 Å². The second kappa shape index (κ2) is 8.37. The van der Waals surface area contributed by atoms with Crippen molar-refractivity contribution in [1.29, 1.82) is 0 Å². The van der Waals surface area contributed by atoms with Crippen LogP contribution in [0.1, 0.15) is 5.56 Å². The van der Waals surface area contributed by atoms with E-state index in [-0.39, 0.29) is 18.7 Å². The predicted octanol–water partition coefficient (Wildman–Crippen LogP) is 3.22. The molecule has 0 aliphatic heterocycles. The fourth-order valence-electron chi connectivity index (χ4n) is 1.93. The van der Waals surface area contributed by atoms with Crippen molar-refractivity contribution in [3.05, 3.63) is 59.9 Å². The van der Waals surface area contributed by atoms with E-state index in [1.165, 1.54) is 42.5 Å². The summed E-state index contributed by atoms with van der Waals surface area (Å²) >= 11 is 0. The normalized spacial score (nSPS) is 12.0. The van der Waals surface area contributed by atoms with Gasteiger partial charge in [-0.15, -0.1) is 13.2 Å². The minimum Gasteiger partial charge on any atom is -0.492 e. The highest BCUT2D eigenvalue weighted by atomic mass is 32.2. The summed E-state index contributed by atoms with van der Waals surface area (Å²) in [6.07, 6.45) is -4.88. The van der Waals surface area contributed by atoms with Gasteiger partial charge in [-0.05, 0) is 30.3 Å². The highest BCUT2D eigenvalue weighted by molar-refractivity contribution is 7.89. The number of rotatable bonds is 8. The number of ether oxygens (including phenoxy) is 2. The fraction of sp³-hybridized carbons (Fsp3) is 0.250. The summed E-state index contributed by atoms with van der Waals surface area (Å²) in [4.78, 5) is 0. The van der Waals surface area contributed by atoms with Crippen molar-refractivity contribution in [2.24, 2.45) is 0 Å². The molecule has 0 saturated heterocycles. The first-order chi connectivity index (χ1) is 12.1. The molecule has 0 radical (unpaired) electrons. The lowest BCUT2D eigenvalue weighted by Crippen LogP contribution is -2.29. The van der Waals surface area contributed by atoms with Crippen LogP contribution in [0.25, 0.3) is 0 Å². The van der Waals surface area contributed by atoms with Crippen LogP contribution in [0, 0.1) is 5.82 Å². The van der Waals surface area contributed by atoms with Gasteiger partial charge >= 0.3 is 6.36 Å². The Kier molecular flexibility index (Phi) is 6.43. The van der Waals surface area contributed by atoms with Crippen LogP contribution >= 0.6 is 0 Å². The van der Waals surface area contributed by atoms with Gasteiger partial charge in [-0.2, -0.15) is 0 Å². The Balaban J connectivity index is 1.89. The number of hydrogen-bond acceptors (Lipinski definition) is 4. The van der Waals surface area contributed by atoms with Gasteiger partial charge in [0.05, 0.1) is 5.75 Å². The van der Waals surface area contributed by atoms with E-state index in [4.69, 9.17) is 4.74 Å². The van der Waals surface area contributed by atoms with Gasteiger partial charge in [-0.1, -0.05) is 18.2 Å². The molecule has 1 N–H and O–H groups in total. The van der Waals surface area contributed by atoms with Crippen LogP contribution in [-0.4, -0.2) is 27.1 Å². The molecule has 0 aliphatic carbocycles. The fourth-order valence-corrected chi connectivity index (χ4v) is 2.76. The van der Waals surface area contributed by atoms with E-state index in [0.29, 0.717) is 5.75 Å². The maximum absolute atomic E-state index is 12.8. The van der Waals surface area contributed by atoms with Crippen molar-refractivity contribution in [1.82, 2.24) is 4.72 Å². The largest absolute Gasteiger partial charge is 0.573 e. The molecule has 10 heteroatoms. The Morgan fingerprint density at radius 3 is 2.31 bits per heavy atom. The first kappa shape index (κ1) is 20.0. The smallest absolute Gasteiger partial charge is 0.492 e. The van der Waals surface area contributed by atoms with Crippen LogP contribution in [0.15, 0.2) is 48.5 Å². The lowest BCUT2D eigenvalue weighted by molar-refractivity contribution is -0.274. The standard InChI is InChI=1S/C16H15F4NO4S/c17-13-5-7-14(8-6-13)24-9-10-26(22,23)21-11-12-3-1-2-4-15(12)25-16(18,19)20/h1-8,21H,9-11H2. The molecule has 0 atom stereocenters. The Labute approximate surface area is 147 Å². The molecule has 0 aliphatic rings. The lowest BCUT2D eigenvalue weighted by Gasteiger charge is -2.14. The maximum Gasteiger partial charge on any atom is 0.573 e. The number of hydrogen-bond donors (Lipinski definition) is 1. The minimum absolute atomic E-state index is 0.0350. The number of nitrogens with one attached hydrogen (secondary N) is 1. The van der Waals surface area contributed by atoms with Crippen molar-refractivity contribution in [3.63, 3.8) is 0 Å². The van der Waals surface area contributed by atoms with Crippen molar-refractivity contribution >= 4 is 10.0 Å². The second-order valence-corrected chi connectivity index (χ2v) is 7.02. The molecule has 0 fully saturated rings. The Morgan fingerprint density at radius 1 is 1.00 bits per heavy atom. The summed E-state index contributed by atoms with van der Waals surface area (Å²) in [5.41, 5.74) is 0.0350. The minimum atomic E-state index is -4.88. The van der Waals surface area contributed by atoms with Gasteiger partial charge in [-0.3, -0.25) is 0 Å². The maximum atomic E-state index is 12.8. The average molecular weight is 393 g/mol. The predicted molar refractivity (Wildman–Crippen MR) is 85.6 cm³/mol. The molecule has 26 heavy (non-hydrogen) atoms. The quantitative estimate of drug-likeness (QED) is 0.700. The monoisotopic (exact) mass is 393 g/mol. The topological polar surface area (TPSA) is 64.6 Å². The molecular weight excluding hydrogens is 378 g/mol. The molecule has 0 aromatic heterocycles. The zero-order valence-electron chi connectivity index (χ0n) is 13.3. The molecule has 2 aromatic rings. The molecular formula is C16H15F4NO4S. The summed E-state index contributed by atoms with van der Waals surface area (Å²) in [7, 11) is -3.80.